The van der Waals surface area contributed by atoms with Crippen molar-refractivity contribution in [1.29, 1.82) is 0 Å². The average Bonchev–Trinajstić information content (AvgIpc) is 3.87. The summed E-state index contributed by atoms with van der Waals surface area (Å²) in [5.74, 6) is -0.898. The van der Waals surface area contributed by atoms with Gasteiger partial charge in [0.1, 0.15) is 0 Å². The van der Waals surface area contributed by atoms with Crippen molar-refractivity contribution in [2.45, 2.75) is 31.3 Å². The first-order valence-electron chi connectivity index (χ1n) is 14.2. The van der Waals surface area contributed by atoms with Crippen LogP contribution in [0.2, 0.25) is 0 Å². The van der Waals surface area contributed by atoms with Crippen LogP contribution in [-0.4, -0.2) is 81.2 Å². The molecule has 1 aliphatic rings. The van der Waals surface area contributed by atoms with Gasteiger partial charge in [-0.05, 0) is 22.3 Å². The molecule has 5 aromatic rings. The molecule has 0 fully saturated rings. The smallest absolute Gasteiger partial charge is 0.0619 e. The molecular weight excluding hydrogens is 753 g/mol. The summed E-state index contributed by atoms with van der Waals surface area (Å²) in [7, 11) is 1.26. The molecule has 44 heavy (non-hydrogen) atoms. The Morgan fingerprint density at radius 3 is 2.14 bits per heavy atom. The van der Waals surface area contributed by atoms with Gasteiger partial charge < -0.3 is 0 Å². The molecule has 7 nitrogen and oxygen atoms in total. The minimum atomic E-state index is -0.991. The minimum absolute atomic E-state index is 0.0659. The number of benzene rings is 2. The second-order valence-corrected chi connectivity index (χ2v) is 17.0. The molecule has 6 rings (SSSR count). The Kier molecular flexibility index (Phi) is 9.88. The van der Waals surface area contributed by atoms with E-state index in [0.717, 1.165) is 22.3 Å². The number of esters is 1. The number of fused-ring (bicyclic) bond motifs is 3. The summed E-state index contributed by atoms with van der Waals surface area (Å²) in [5.41, 5.74) is 4.47. The van der Waals surface area contributed by atoms with Crippen molar-refractivity contribution in [1.82, 2.24) is 10.6 Å². The second kappa shape index (κ2) is 14.2. The molecule has 0 spiro atoms. The van der Waals surface area contributed by atoms with E-state index in [1.165, 1.54) is 29.3 Å². The maximum absolute atomic E-state index is 12.8. The summed E-state index contributed by atoms with van der Waals surface area (Å²) >= 11 is 0.971. The van der Waals surface area contributed by atoms with Gasteiger partial charge in [0.2, 0.25) is 0 Å². The Morgan fingerprint density at radius 1 is 0.795 bits per heavy atom. The first kappa shape index (κ1) is 30.7. The van der Waals surface area contributed by atoms with Gasteiger partial charge in [-0.15, -0.1) is 0 Å². The van der Waals surface area contributed by atoms with E-state index in [2.05, 4.69) is 64.1 Å². The van der Waals surface area contributed by atoms with Crippen LogP contribution in [0.5, 0.6) is 0 Å². The van der Waals surface area contributed by atoms with Crippen molar-refractivity contribution in [3.05, 3.63) is 105 Å². The topological polar surface area (TPSA) is 93.7 Å². The molecular formula is C34H30N2O5Se3. The molecule has 0 bridgehead atoms. The molecule has 10 heteroatoms. The fraction of sp³-hybridized carbons (Fsp3) is 0.206. The molecule has 2 N–H and O–H groups in total. The van der Waals surface area contributed by atoms with Crippen molar-refractivity contribution in [2.24, 2.45) is 0 Å². The van der Waals surface area contributed by atoms with Crippen LogP contribution >= 0.6 is 0 Å². The van der Waals surface area contributed by atoms with Gasteiger partial charge in [-0.2, -0.15) is 0 Å². The van der Waals surface area contributed by atoms with Crippen LogP contribution < -0.4 is 10.6 Å². The number of carbonyl (C=O) groups is 3. The monoisotopic (exact) mass is 786 g/mol. The molecule has 0 radical (unpaired) electrons. The van der Waals surface area contributed by atoms with Gasteiger partial charge >= 0.3 is 205 Å². The van der Waals surface area contributed by atoms with Gasteiger partial charge in [0.15, 0.2) is 0 Å². The average molecular weight is 784 g/mol. The van der Waals surface area contributed by atoms with Crippen molar-refractivity contribution >= 4 is 61.5 Å². The summed E-state index contributed by atoms with van der Waals surface area (Å²) in [6, 6.07) is 28.4. The molecule has 224 valence electrons. The first-order valence-corrected chi connectivity index (χ1v) is 19.5. The van der Waals surface area contributed by atoms with Gasteiger partial charge in [-0.1, -0.05) is 48.5 Å². The number of amides is 2. The van der Waals surface area contributed by atoms with E-state index in [4.69, 9.17) is 9.47 Å². The number of hydrogen-bond donors (Lipinski definition) is 2. The molecule has 2 aromatic carbocycles. The molecule has 3 aromatic heterocycles. The normalized spacial score (nSPS) is 12.7. The van der Waals surface area contributed by atoms with Crippen molar-refractivity contribution in [3.63, 3.8) is 0 Å². The Balaban J connectivity index is 0.989. The van der Waals surface area contributed by atoms with Crippen LogP contribution in [-0.2, 0) is 25.6 Å². The zero-order valence-electron chi connectivity index (χ0n) is 23.9. The van der Waals surface area contributed by atoms with Gasteiger partial charge in [0, 0.05) is 0 Å². The number of nitrogens with one attached hydrogen (secondary N) is 2. The Morgan fingerprint density at radius 2 is 1.45 bits per heavy atom. The Hall–Kier alpha value is -3.35. The van der Waals surface area contributed by atoms with E-state index in [1.54, 1.807) is 0 Å². The number of methoxy groups -OCH3 is 1. The summed E-state index contributed by atoms with van der Waals surface area (Å²) < 4.78 is 17.4. The van der Waals surface area contributed by atoms with E-state index in [9.17, 15) is 14.4 Å². The van der Waals surface area contributed by atoms with Crippen LogP contribution in [0.15, 0.2) is 89.9 Å². The second-order valence-electron chi connectivity index (χ2n) is 10.3. The van der Waals surface area contributed by atoms with Crippen molar-refractivity contribution in [3.8, 4) is 28.9 Å². The summed E-state index contributed by atoms with van der Waals surface area (Å²) in [6.45, 7) is 0.604. The van der Waals surface area contributed by atoms with E-state index in [0.29, 0.717) is 35.6 Å². The van der Waals surface area contributed by atoms with Crippen molar-refractivity contribution in [2.75, 3.05) is 13.7 Å². The first-order chi connectivity index (χ1) is 21.5. The summed E-state index contributed by atoms with van der Waals surface area (Å²) in [4.78, 5) is 40.1. The third-order valence-electron chi connectivity index (χ3n) is 7.52. The number of alkyl carbamates (subject to hydrolysis) is 1. The third-order valence-corrected chi connectivity index (χ3v) is 15.5. The van der Waals surface area contributed by atoms with E-state index in [1.807, 2.05) is 36.4 Å². The van der Waals surface area contributed by atoms with Crippen LogP contribution in [0.3, 0.4) is 0 Å². The number of ether oxygens (including phenoxy) is 2. The van der Waals surface area contributed by atoms with Crippen LogP contribution in [0.25, 0.3) is 28.9 Å². The molecule has 0 saturated heterocycles. The predicted molar refractivity (Wildman–Crippen MR) is 173 cm³/mol. The number of rotatable bonds is 11. The van der Waals surface area contributed by atoms with E-state index in [-0.39, 0.29) is 45.8 Å². The zero-order chi connectivity index (χ0) is 30.5. The molecule has 3 heterocycles. The van der Waals surface area contributed by atoms with Crippen molar-refractivity contribution < 1.29 is 23.9 Å². The quantitative estimate of drug-likeness (QED) is 0.150. The zero-order valence-corrected chi connectivity index (χ0v) is 29.0. The van der Waals surface area contributed by atoms with Gasteiger partial charge in [-0.3, -0.25) is 0 Å². The summed E-state index contributed by atoms with van der Waals surface area (Å²) in [5, 5.41) is 5.58. The molecule has 0 saturated carbocycles. The number of carbonyl (C=O) groups excluding carboxylic acids is 3. The van der Waals surface area contributed by atoms with Crippen LogP contribution in [0, 0.1) is 0 Å². The summed E-state index contributed by atoms with van der Waals surface area (Å²) in [6.07, 6.45) is -0.551. The standard InChI is InChI=1S/C34H30N2O5Se3/c1-40-33(38)27(36-34(39)41-20-26-24-9-4-2-7-22(24)23-8-3-5-10-25(23)26)13-17-32(37)35-19-21-12-14-30(43-21)31-16-15-29(44-31)28-11-6-18-42-28/h2-12,14-16,18,26-27H,13,17,19-20H2,1H3,(H,35,37)(H,36,39)/t27-/m0/s1. The maximum atomic E-state index is 12.8. The van der Waals surface area contributed by atoms with E-state index < -0.39 is 18.1 Å². The van der Waals surface area contributed by atoms with E-state index >= 15 is 0 Å². The molecule has 0 unspecified atom stereocenters. The fourth-order valence-electron chi connectivity index (χ4n) is 5.35. The molecule has 1 atom stereocenters. The predicted octanol–water partition coefficient (Wildman–Crippen LogP) is 4.67. The molecule has 0 aliphatic heterocycles. The Labute approximate surface area is 273 Å². The van der Waals surface area contributed by atoms with Gasteiger partial charge in [0.05, 0.1) is 0 Å². The van der Waals surface area contributed by atoms with Crippen LogP contribution in [0.4, 0.5) is 4.79 Å². The van der Waals surface area contributed by atoms with Gasteiger partial charge in [0.25, 0.3) is 0 Å². The fourth-order valence-corrected chi connectivity index (χ4v) is 12.2. The van der Waals surface area contributed by atoms with Crippen LogP contribution in [0.1, 0.15) is 34.3 Å². The van der Waals surface area contributed by atoms with Gasteiger partial charge in [-0.25, -0.2) is 0 Å². The Bertz CT molecular complexity index is 1730. The molecule has 2 amide bonds. The SMILES string of the molecule is COC(=O)[C@H](CCC(=O)NCc1ccc(-c2ccc(-c3ccc[se]3)[se]2)[se]1)NC(=O)OCC1c2ccccc2-c2ccccc21. The number of hydrogen-bond acceptors (Lipinski definition) is 5. The third kappa shape index (κ3) is 6.97. The minimum Gasteiger partial charge on any atom is -0.0619 e. The molecule has 1 aliphatic carbocycles.